The van der Waals surface area contributed by atoms with Crippen LogP contribution >= 0.6 is 0 Å². The van der Waals surface area contributed by atoms with Crippen molar-refractivity contribution in [1.82, 2.24) is 0 Å². The van der Waals surface area contributed by atoms with Gasteiger partial charge in [-0.3, -0.25) is 9.59 Å². The second kappa shape index (κ2) is 9.04. The van der Waals surface area contributed by atoms with Gasteiger partial charge in [0.2, 0.25) is 0 Å². The SMILES string of the molecule is CC(=O)OC1CC[C@]2(C)C3=C(OC(=O)[C@H]2C1)[C@@H]1CC[C@H]([C@H](C)CCC(C)C(C)C)[C@@]1(C)CC3. The molecule has 0 radical (unpaired) electrons. The Balaban J connectivity index is 1.53. The van der Waals surface area contributed by atoms with Gasteiger partial charge in [0.25, 0.3) is 0 Å². The van der Waals surface area contributed by atoms with E-state index in [2.05, 4.69) is 41.5 Å². The van der Waals surface area contributed by atoms with Gasteiger partial charge >= 0.3 is 11.9 Å². The summed E-state index contributed by atoms with van der Waals surface area (Å²) in [6.07, 6.45) is 9.44. The fourth-order valence-electron chi connectivity index (χ4n) is 7.99. The predicted molar refractivity (Wildman–Crippen MR) is 130 cm³/mol. The number of allylic oxidation sites excluding steroid dienone is 2. The van der Waals surface area contributed by atoms with E-state index in [1.807, 2.05) is 0 Å². The third kappa shape index (κ3) is 4.29. The third-order valence-corrected chi connectivity index (χ3v) is 10.6. The zero-order valence-corrected chi connectivity index (χ0v) is 22.0. The van der Waals surface area contributed by atoms with E-state index in [4.69, 9.17) is 9.47 Å². The lowest BCUT2D eigenvalue weighted by Gasteiger charge is -2.53. The van der Waals surface area contributed by atoms with Crippen molar-refractivity contribution in [1.29, 1.82) is 0 Å². The number of hydrogen-bond donors (Lipinski definition) is 0. The van der Waals surface area contributed by atoms with Gasteiger partial charge in [0.05, 0.1) is 5.92 Å². The summed E-state index contributed by atoms with van der Waals surface area (Å²) in [5, 5.41) is 0. The fourth-order valence-corrected chi connectivity index (χ4v) is 7.99. The smallest absolute Gasteiger partial charge is 0.315 e. The van der Waals surface area contributed by atoms with Gasteiger partial charge in [0.15, 0.2) is 0 Å². The van der Waals surface area contributed by atoms with Crippen LogP contribution in [0.4, 0.5) is 0 Å². The lowest BCUT2D eigenvalue weighted by molar-refractivity contribution is -0.165. The van der Waals surface area contributed by atoms with Gasteiger partial charge in [-0.25, -0.2) is 0 Å². The normalized spacial score (nSPS) is 39.9. The van der Waals surface area contributed by atoms with Crippen LogP contribution in [0.1, 0.15) is 106 Å². The summed E-state index contributed by atoms with van der Waals surface area (Å²) in [6, 6.07) is 0. The van der Waals surface area contributed by atoms with Crippen molar-refractivity contribution in [3.63, 3.8) is 0 Å². The van der Waals surface area contributed by atoms with Gasteiger partial charge < -0.3 is 9.47 Å². The quantitative estimate of drug-likeness (QED) is 0.399. The van der Waals surface area contributed by atoms with Crippen molar-refractivity contribution in [3.05, 3.63) is 11.3 Å². The molecule has 4 nitrogen and oxygen atoms in total. The highest BCUT2D eigenvalue weighted by atomic mass is 16.5. The molecule has 0 bridgehead atoms. The van der Waals surface area contributed by atoms with Crippen LogP contribution in [0, 0.1) is 46.3 Å². The number of esters is 2. The largest absolute Gasteiger partial charge is 0.463 e. The first-order valence-corrected chi connectivity index (χ1v) is 13.6. The van der Waals surface area contributed by atoms with Crippen molar-refractivity contribution in [3.8, 4) is 0 Å². The summed E-state index contributed by atoms with van der Waals surface area (Å²) in [5.41, 5.74) is 1.51. The van der Waals surface area contributed by atoms with E-state index in [-0.39, 0.29) is 34.8 Å². The highest BCUT2D eigenvalue weighted by Crippen LogP contribution is 2.65. The second-order valence-electron chi connectivity index (χ2n) is 12.8. The molecule has 8 atom stereocenters. The molecule has 2 fully saturated rings. The van der Waals surface area contributed by atoms with Crippen molar-refractivity contribution in [2.75, 3.05) is 0 Å². The van der Waals surface area contributed by atoms with E-state index in [0.717, 1.165) is 43.3 Å². The van der Waals surface area contributed by atoms with Crippen LogP contribution in [-0.2, 0) is 19.1 Å². The standard InChI is InChI=1S/C29H46O4/c1-17(2)18(3)8-9-19(4)22-10-11-23-26-24(13-15-28(22,23)6)29(7)14-12-21(32-20(5)30)16-25(29)27(31)33-26/h17-19,21-23,25H,8-16H2,1-7H3/t18?,19-,21?,22-,23+,25-,28-,29-/m1/s1. The number of ether oxygens (including phenoxy) is 2. The van der Waals surface area contributed by atoms with E-state index >= 15 is 0 Å². The van der Waals surface area contributed by atoms with E-state index < -0.39 is 0 Å². The van der Waals surface area contributed by atoms with Crippen molar-refractivity contribution < 1.29 is 19.1 Å². The summed E-state index contributed by atoms with van der Waals surface area (Å²) in [6.45, 7) is 15.8. The summed E-state index contributed by atoms with van der Waals surface area (Å²) >= 11 is 0. The summed E-state index contributed by atoms with van der Waals surface area (Å²) in [7, 11) is 0. The third-order valence-electron chi connectivity index (χ3n) is 10.6. The number of carbonyl (C=O) groups excluding carboxylic acids is 2. The van der Waals surface area contributed by atoms with E-state index in [1.165, 1.54) is 38.2 Å². The molecule has 4 aliphatic rings. The van der Waals surface area contributed by atoms with Gasteiger partial charge in [0, 0.05) is 18.3 Å². The molecule has 0 saturated heterocycles. The fraction of sp³-hybridized carbons (Fsp3) is 0.862. The average molecular weight is 459 g/mol. The average Bonchev–Trinajstić information content (AvgIpc) is 3.10. The highest BCUT2D eigenvalue weighted by molar-refractivity contribution is 5.78. The number of carbonyl (C=O) groups is 2. The molecule has 0 spiro atoms. The molecule has 3 aliphatic carbocycles. The van der Waals surface area contributed by atoms with Crippen LogP contribution in [0.15, 0.2) is 11.3 Å². The van der Waals surface area contributed by atoms with Crippen LogP contribution in [-0.4, -0.2) is 18.0 Å². The molecule has 2 saturated carbocycles. The van der Waals surface area contributed by atoms with Gasteiger partial charge in [0.1, 0.15) is 11.9 Å². The van der Waals surface area contributed by atoms with Crippen LogP contribution in [0.3, 0.4) is 0 Å². The van der Waals surface area contributed by atoms with Crippen LogP contribution in [0.2, 0.25) is 0 Å². The minimum absolute atomic E-state index is 0.0837. The van der Waals surface area contributed by atoms with Crippen molar-refractivity contribution in [2.45, 2.75) is 112 Å². The van der Waals surface area contributed by atoms with E-state index in [0.29, 0.717) is 24.2 Å². The van der Waals surface area contributed by atoms with Gasteiger partial charge in [-0.05, 0) is 79.6 Å². The molecule has 0 aromatic carbocycles. The summed E-state index contributed by atoms with van der Waals surface area (Å²) in [4.78, 5) is 24.7. The van der Waals surface area contributed by atoms with Gasteiger partial charge in [-0.2, -0.15) is 0 Å². The Morgan fingerprint density at radius 3 is 2.45 bits per heavy atom. The summed E-state index contributed by atoms with van der Waals surface area (Å²) < 4.78 is 11.7. The Labute approximate surface area is 201 Å². The van der Waals surface area contributed by atoms with Gasteiger partial charge in [-0.1, -0.05) is 54.4 Å². The Morgan fingerprint density at radius 1 is 1.06 bits per heavy atom. The number of hydrogen-bond acceptors (Lipinski definition) is 4. The Kier molecular flexibility index (Phi) is 6.79. The molecule has 1 aliphatic heterocycles. The molecule has 1 heterocycles. The lowest BCUT2D eigenvalue weighted by atomic mass is 9.54. The molecule has 4 rings (SSSR count). The Bertz CT molecular complexity index is 812. The first-order chi connectivity index (χ1) is 15.5. The Hall–Kier alpha value is -1.32. The van der Waals surface area contributed by atoms with Crippen LogP contribution in [0.5, 0.6) is 0 Å². The summed E-state index contributed by atoms with van der Waals surface area (Å²) in [5.74, 6) is 3.84. The van der Waals surface area contributed by atoms with Crippen molar-refractivity contribution in [2.24, 2.45) is 46.3 Å². The molecule has 186 valence electrons. The van der Waals surface area contributed by atoms with Gasteiger partial charge in [-0.15, -0.1) is 0 Å². The molecular weight excluding hydrogens is 412 g/mol. The molecule has 4 heteroatoms. The molecule has 0 aromatic rings. The van der Waals surface area contributed by atoms with E-state index in [9.17, 15) is 9.59 Å². The number of rotatable bonds is 6. The van der Waals surface area contributed by atoms with E-state index in [1.54, 1.807) is 0 Å². The lowest BCUT2D eigenvalue weighted by Crippen LogP contribution is -2.50. The molecule has 0 amide bonds. The number of fused-ring (bicyclic) bond motifs is 4. The van der Waals surface area contributed by atoms with Crippen LogP contribution < -0.4 is 0 Å². The predicted octanol–water partition coefficient (Wildman–Crippen LogP) is 7.07. The molecule has 2 unspecified atom stereocenters. The molecule has 0 N–H and O–H groups in total. The minimum atomic E-state index is -0.255. The monoisotopic (exact) mass is 458 g/mol. The maximum absolute atomic E-state index is 13.3. The zero-order chi connectivity index (χ0) is 24.1. The van der Waals surface area contributed by atoms with Crippen LogP contribution in [0.25, 0.3) is 0 Å². The first kappa shape index (κ1) is 24.8. The second-order valence-corrected chi connectivity index (χ2v) is 12.8. The first-order valence-electron chi connectivity index (χ1n) is 13.6. The Morgan fingerprint density at radius 2 is 1.79 bits per heavy atom. The maximum Gasteiger partial charge on any atom is 0.315 e. The van der Waals surface area contributed by atoms with Crippen molar-refractivity contribution >= 4 is 11.9 Å². The topological polar surface area (TPSA) is 52.6 Å². The molecule has 0 aromatic heterocycles. The zero-order valence-electron chi connectivity index (χ0n) is 22.0. The molecule has 33 heavy (non-hydrogen) atoms. The highest BCUT2D eigenvalue weighted by Gasteiger charge is 2.59. The minimum Gasteiger partial charge on any atom is -0.463 e. The molecular formula is C29H46O4. The maximum atomic E-state index is 13.3.